The number of sulfonamides is 1. The van der Waals surface area contributed by atoms with Crippen LogP contribution in [0.15, 0.2) is 29.2 Å². The van der Waals surface area contributed by atoms with Gasteiger partial charge in [0.15, 0.2) is 11.5 Å². The molecule has 1 amide bonds. The molecule has 0 spiro atoms. The number of para-hydroxylation sites is 1. The lowest BCUT2D eigenvalue weighted by molar-refractivity contribution is 0.0775. The third-order valence-electron chi connectivity index (χ3n) is 5.44. The normalized spacial score (nSPS) is 15.1. The van der Waals surface area contributed by atoms with E-state index in [1.807, 2.05) is 24.3 Å². The lowest BCUT2D eigenvalue weighted by Gasteiger charge is -2.28. The fourth-order valence-corrected chi connectivity index (χ4v) is 5.37. The summed E-state index contributed by atoms with van der Waals surface area (Å²) in [5, 5.41) is 0. The summed E-state index contributed by atoms with van der Waals surface area (Å²) in [4.78, 5) is 14.3. The number of fused-ring (bicyclic) bond motifs is 2. The number of ether oxygens (including phenoxy) is 4. The van der Waals surface area contributed by atoms with Crippen LogP contribution >= 0.6 is 0 Å². The number of likely N-dealkylation sites (N-methyl/N-ethyl adjacent to an activating group) is 1. The number of benzene rings is 2. The van der Waals surface area contributed by atoms with Crippen LogP contribution in [-0.2, 0) is 22.9 Å². The van der Waals surface area contributed by atoms with Gasteiger partial charge < -0.3 is 23.8 Å². The van der Waals surface area contributed by atoms with Crippen molar-refractivity contribution >= 4 is 15.9 Å². The summed E-state index contributed by atoms with van der Waals surface area (Å²) in [6, 6.07) is 7.42. The van der Waals surface area contributed by atoms with Crippen molar-refractivity contribution in [2.24, 2.45) is 0 Å². The van der Waals surface area contributed by atoms with Gasteiger partial charge in [0.25, 0.3) is 5.91 Å². The molecule has 2 heterocycles. The van der Waals surface area contributed by atoms with E-state index < -0.39 is 10.0 Å². The molecule has 0 fully saturated rings. The second-order valence-corrected chi connectivity index (χ2v) is 8.92. The zero-order chi connectivity index (χ0) is 22.2. The summed E-state index contributed by atoms with van der Waals surface area (Å²) in [6.45, 7) is 0.383. The summed E-state index contributed by atoms with van der Waals surface area (Å²) < 4.78 is 51.1. The molecule has 0 unspecified atom stereocenters. The van der Waals surface area contributed by atoms with Gasteiger partial charge in [-0.05, 0) is 30.0 Å². The van der Waals surface area contributed by atoms with Crippen molar-refractivity contribution in [2.45, 2.75) is 17.7 Å². The molecule has 10 heteroatoms. The highest BCUT2D eigenvalue weighted by Crippen LogP contribution is 2.51. The lowest BCUT2D eigenvalue weighted by Crippen LogP contribution is -2.36. The number of nitrogens with zero attached hydrogens (tertiary/aromatic N) is 1. The van der Waals surface area contributed by atoms with Crippen LogP contribution in [0.4, 0.5) is 0 Å². The van der Waals surface area contributed by atoms with Gasteiger partial charge in [0.1, 0.15) is 10.6 Å². The highest BCUT2D eigenvalue weighted by Gasteiger charge is 2.40. The topological polar surface area (TPSA) is 103 Å². The number of carbonyl (C=O) groups excluding carboxylic acids is 1. The van der Waals surface area contributed by atoms with Crippen LogP contribution in [0.25, 0.3) is 0 Å². The standard InChI is InChI=1S/C21H24N2O7S/c1-23-11-9-14-16(21(23)24)17(28-3)18-19(30-12-29-18)20(14)31(25,26)22-10-8-13-6-4-5-7-15(13)27-2/h4-7,22H,8-12H2,1-3H3. The smallest absolute Gasteiger partial charge is 0.257 e. The zero-order valence-electron chi connectivity index (χ0n) is 17.6. The van der Waals surface area contributed by atoms with E-state index in [-0.39, 0.29) is 47.0 Å². The minimum absolute atomic E-state index is 0.0581. The van der Waals surface area contributed by atoms with Crippen LogP contribution < -0.4 is 23.7 Å². The molecule has 0 atom stereocenters. The first kappa shape index (κ1) is 21.3. The largest absolute Gasteiger partial charge is 0.496 e. The van der Waals surface area contributed by atoms with Crippen molar-refractivity contribution in [3.05, 3.63) is 41.0 Å². The van der Waals surface area contributed by atoms with E-state index in [0.717, 1.165) is 5.56 Å². The molecule has 0 saturated heterocycles. The minimum atomic E-state index is -4.00. The number of hydrogen-bond donors (Lipinski definition) is 1. The fraction of sp³-hybridized carbons (Fsp3) is 0.381. The van der Waals surface area contributed by atoms with Crippen LogP contribution in [0.3, 0.4) is 0 Å². The molecule has 2 aliphatic heterocycles. The van der Waals surface area contributed by atoms with E-state index in [9.17, 15) is 13.2 Å². The van der Waals surface area contributed by atoms with Gasteiger partial charge in [-0.2, -0.15) is 0 Å². The van der Waals surface area contributed by atoms with E-state index >= 15 is 0 Å². The van der Waals surface area contributed by atoms with Crippen LogP contribution in [0.1, 0.15) is 21.5 Å². The average Bonchev–Trinajstić information content (AvgIpc) is 3.23. The van der Waals surface area contributed by atoms with Gasteiger partial charge >= 0.3 is 0 Å². The van der Waals surface area contributed by atoms with Gasteiger partial charge in [0.05, 0.1) is 19.8 Å². The molecular formula is C21H24N2O7S. The quantitative estimate of drug-likeness (QED) is 0.686. The van der Waals surface area contributed by atoms with Gasteiger partial charge in [0.2, 0.25) is 22.6 Å². The van der Waals surface area contributed by atoms with E-state index in [2.05, 4.69) is 4.72 Å². The molecular weight excluding hydrogens is 424 g/mol. The molecule has 0 saturated carbocycles. The number of methoxy groups -OCH3 is 2. The fourth-order valence-electron chi connectivity index (χ4n) is 3.93. The summed E-state index contributed by atoms with van der Waals surface area (Å²) in [5.74, 6) is 0.788. The Morgan fingerprint density at radius 3 is 2.61 bits per heavy atom. The Bertz CT molecular complexity index is 1130. The summed E-state index contributed by atoms with van der Waals surface area (Å²) >= 11 is 0. The number of nitrogens with one attached hydrogen (secondary N) is 1. The first-order valence-corrected chi connectivity index (χ1v) is 11.3. The Morgan fingerprint density at radius 2 is 1.87 bits per heavy atom. The Kier molecular flexibility index (Phi) is 5.67. The Labute approximate surface area is 180 Å². The predicted molar refractivity (Wildman–Crippen MR) is 112 cm³/mol. The maximum Gasteiger partial charge on any atom is 0.257 e. The van der Waals surface area contributed by atoms with Gasteiger partial charge in [0, 0.05) is 20.1 Å². The molecule has 0 bridgehead atoms. The van der Waals surface area contributed by atoms with E-state index in [1.54, 1.807) is 14.2 Å². The Balaban J connectivity index is 1.72. The first-order chi connectivity index (χ1) is 14.9. The molecule has 0 aromatic heterocycles. The number of carbonyl (C=O) groups is 1. The summed E-state index contributed by atoms with van der Waals surface area (Å²) in [7, 11) is 0.644. The third kappa shape index (κ3) is 3.66. The highest BCUT2D eigenvalue weighted by atomic mass is 32.2. The second kappa shape index (κ2) is 8.27. The minimum Gasteiger partial charge on any atom is -0.496 e. The van der Waals surface area contributed by atoms with Gasteiger partial charge in [-0.1, -0.05) is 18.2 Å². The molecule has 2 aromatic rings. The molecule has 0 radical (unpaired) electrons. The molecule has 2 aliphatic rings. The SMILES string of the molecule is COc1ccccc1CCNS(=O)(=O)c1c2c(c(OC)c3c1OCO3)C(=O)N(C)CC2. The van der Waals surface area contributed by atoms with E-state index in [0.29, 0.717) is 30.7 Å². The molecule has 166 valence electrons. The Morgan fingerprint density at radius 1 is 1.13 bits per heavy atom. The van der Waals surface area contributed by atoms with Crippen LogP contribution in [0.5, 0.6) is 23.0 Å². The van der Waals surface area contributed by atoms with Crippen molar-refractivity contribution < 1.29 is 32.2 Å². The number of rotatable bonds is 7. The van der Waals surface area contributed by atoms with Crippen molar-refractivity contribution in [3.8, 4) is 23.0 Å². The zero-order valence-corrected chi connectivity index (χ0v) is 18.4. The van der Waals surface area contributed by atoms with Gasteiger partial charge in [-0.25, -0.2) is 13.1 Å². The van der Waals surface area contributed by atoms with Crippen LogP contribution in [0.2, 0.25) is 0 Å². The second-order valence-electron chi connectivity index (χ2n) is 7.22. The molecule has 0 aliphatic carbocycles. The average molecular weight is 448 g/mol. The Hall–Kier alpha value is -2.98. The number of hydrogen-bond acceptors (Lipinski definition) is 7. The van der Waals surface area contributed by atoms with E-state index in [4.69, 9.17) is 18.9 Å². The molecule has 4 rings (SSSR count). The van der Waals surface area contributed by atoms with Gasteiger partial charge in [-0.15, -0.1) is 0 Å². The highest BCUT2D eigenvalue weighted by molar-refractivity contribution is 7.89. The lowest BCUT2D eigenvalue weighted by atomic mass is 9.97. The van der Waals surface area contributed by atoms with Crippen molar-refractivity contribution in [1.82, 2.24) is 9.62 Å². The first-order valence-electron chi connectivity index (χ1n) is 9.78. The maximum absolute atomic E-state index is 13.4. The summed E-state index contributed by atoms with van der Waals surface area (Å²) in [5.41, 5.74) is 1.46. The van der Waals surface area contributed by atoms with Crippen LogP contribution in [0, 0.1) is 0 Å². The maximum atomic E-state index is 13.4. The monoisotopic (exact) mass is 448 g/mol. The predicted octanol–water partition coefficient (Wildman–Crippen LogP) is 1.58. The summed E-state index contributed by atoms with van der Waals surface area (Å²) in [6.07, 6.45) is 0.788. The number of amides is 1. The van der Waals surface area contributed by atoms with Crippen molar-refractivity contribution in [3.63, 3.8) is 0 Å². The van der Waals surface area contributed by atoms with Crippen molar-refractivity contribution in [1.29, 1.82) is 0 Å². The van der Waals surface area contributed by atoms with Crippen LogP contribution in [-0.4, -0.2) is 60.4 Å². The van der Waals surface area contributed by atoms with E-state index in [1.165, 1.54) is 12.0 Å². The van der Waals surface area contributed by atoms with Crippen molar-refractivity contribution in [2.75, 3.05) is 41.1 Å². The molecule has 9 nitrogen and oxygen atoms in total. The van der Waals surface area contributed by atoms with Gasteiger partial charge in [-0.3, -0.25) is 4.79 Å². The third-order valence-corrected chi connectivity index (χ3v) is 6.99. The molecule has 2 aromatic carbocycles. The molecule has 1 N–H and O–H groups in total. The molecule has 31 heavy (non-hydrogen) atoms.